The second kappa shape index (κ2) is 35.6. The first-order chi connectivity index (χ1) is 72.0. The molecular weight excluding hydrogens is 1750 g/mol. The van der Waals surface area contributed by atoms with E-state index in [1.54, 1.807) is 0 Å². The summed E-state index contributed by atoms with van der Waals surface area (Å²) in [6.45, 7) is 0. The molecule has 0 bridgehead atoms. The molecule has 0 spiro atoms. The van der Waals surface area contributed by atoms with E-state index in [-0.39, 0.29) is 0 Å². The molecule has 3 nitrogen and oxygen atoms in total. The van der Waals surface area contributed by atoms with Crippen LogP contribution in [0.25, 0.3) is 187 Å². The third kappa shape index (κ3) is 13.6. The Bertz CT molecular complexity index is 9230. The van der Waals surface area contributed by atoms with Gasteiger partial charge in [0, 0.05) is 35.3 Å². The van der Waals surface area contributed by atoms with Crippen LogP contribution in [0.2, 0.25) is 0 Å². The van der Waals surface area contributed by atoms with Crippen LogP contribution in [0, 0.1) is 0 Å². The van der Waals surface area contributed by atoms with Crippen LogP contribution in [0.4, 0.5) is 0 Å². The second-order valence-corrected chi connectivity index (χ2v) is 38.3. The molecule has 29 rings (SSSR count). The van der Waals surface area contributed by atoms with Gasteiger partial charge in [-0.2, -0.15) is 0 Å². The number of hydrogen-bond donors (Lipinski definition) is 0. The first kappa shape index (κ1) is 85.5. The summed E-state index contributed by atoms with van der Waals surface area (Å²) in [6, 6.07) is 199. The highest BCUT2D eigenvalue weighted by atomic mass is 14.7. The van der Waals surface area contributed by atoms with E-state index < -0.39 is 16.2 Å². The summed E-state index contributed by atoms with van der Waals surface area (Å²) in [5, 5.41) is 17.6. The van der Waals surface area contributed by atoms with E-state index in [1.807, 2.05) is 18.6 Å². The lowest BCUT2D eigenvalue weighted by molar-refractivity contribution is 0.766. The maximum Gasteiger partial charge on any atom is 0.0753 e. The lowest BCUT2D eigenvalue weighted by atomic mass is 9.67. The fraction of sp³-hybridized carbons (Fsp3) is 0.0211. The molecule has 3 heteroatoms. The van der Waals surface area contributed by atoms with Crippen molar-refractivity contribution in [3.05, 3.63) is 631 Å². The summed E-state index contributed by atoms with van der Waals surface area (Å²) >= 11 is 0. The topological polar surface area (TPSA) is 38.7 Å². The fourth-order valence-electron chi connectivity index (χ4n) is 25.1. The SMILES string of the molecule is c1ccc(-c2c3ccccc3c(-c3ccc4c(c3)C(c3ccccc3)(c3ccccc3)c3cccnc3-4)c3ccccc23)cc1.c1ccc(-c2ccc(-c3c4ccccc4c(-c4ccc5c(c4)C(c4ccccc4)(c4ccccc4)c4cccnc4-5)c4ccccc34)cc2)cc1.c1ccc(C2(c3ccccc3)c3cc(-c4c5ccccc5c(-c5cccc6ccccc56)c5ccccc45)ccc3-c3ncccc32)cc1. The molecule has 0 radical (unpaired) electrons. The number of hydrogen-bond acceptors (Lipinski definition) is 3. The minimum absolute atomic E-state index is 0.493. The summed E-state index contributed by atoms with van der Waals surface area (Å²) in [6.07, 6.45) is 5.77. The Morgan fingerprint density at radius 1 is 0.124 bits per heavy atom. The standard InChI is InChI=1S/C50H33N.C48H31N.C44H29N/c1-4-15-34(16-5-1)35-26-28-36(29-27-35)47-40-21-10-12-23-42(40)48(43-24-13-11-22-41(43)47)37-30-31-44-46(33-37)50(38-17-6-2-7-18-38,39-19-8-3-9-20-39)45-25-14-32-51-49(44)45;1-3-17-34(18-4-1)48(35-19-5-2-6-20-35)43-27-14-30-49-47(43)42-29-28-33(31-44(42)48)45-38-22-9-11-24-40(38)46(41-25-12-10-23-39(41)45)37-26-13-16-32-15-7-8-21-36(32)37;1-4-15-30(16-5-1)41-34-21-10-12-23-36(34)42(37-24-13-11-22-35(37)41)31-26-27-38-40(29-31)44(32-17-6-2-7-18-32,33-19-8-3-9-20-33)39-25-14-28-45-43(38)39/h1-33H;1-31H;1-29H. The normalized spacial score (nSPS) is 13.0. The highest BCUT2D eigenvalue weighted by molar-refractivity contribution is 6.26. The molecule has 0 saturated carbocycles. The van der Waals surface area contributed by atoms with Crippen LogP contribution in [-0.2, 0) is 16.2 Å². The number of rotatable bonds is 13. The van der Waals surface area contributed by atoms with Crippen LogP contribution in [0.5, 0.6) is 0 Å². The average molecular weight is 1840 g/mol. The van der Waals surface area contributed by atoms with Crippen molar-refractivity contribution < 1.29 is 0 Å². The number of nitrogens with zero attached hydrogens (tertiary/aromatic N) is 3. The van der Waals surface area contributed by atoms with Crippen LogP contribution in [0.3, 0.4) is 0 Å². The van der Waals surface area contributed by atoms with Crippen LogP contribution in [0.15, 0.2) is 565 Å². The maximum atomic E-state index is 5.02. The highest BCUT2D eigenvalue weighted by Crippen LogP contribution is 2.62. The van der Waals surface area contributed by atoms with Gasteiger partial charge in [0.2, 0.25) is 0 Å². The third-order valence-corrected chi connectivity index (χ3v) is 31.0. The first-order valence-corrected chi connectivity index (χ1v) is 50.2. The van der Waals surface area contributed by atoms with E-state index in [9.17, 15) is 0 Å². The second-order valence-electron chi connectivity index (χ2n) is 38.3. The summed E-state index contributed by atoms with van der Waals surface area (Å²) in [5.41, 5.74) is 37.6. The smallest absolute Gasteiger partial charge is 0.0753 e. The zero-order valence-electron chi connectivity index (χ0n) is 79.5. The van der Waals surface area contributed by atoms with Crippen molar-refractivity contribution >= 4 is 75.4 Å². The third-order valence-electron chi connectivity index (χ3n) is 31.0. The summed E-state index contributed by atoms with van der Waals surface area (Å²) in [5.74, 6) is 0. The Morgan fingerprint density at radius 3 is 0.621 bits per heavy atom. The van der Waals surface area contributed by atoms with E-state index >= 15 is 0 Å². The number of fused-ring (bicyclic) bond motifs is 16. The van der Waals surface area contributed by atoms with Gasteiger partial charge in [-0.3, -0.25) is 15.0 Å². The monoisotopic (exact) mass is 1840 g/mol. The number of aromatic nitrogens is 3. The lowest BCUT2D eigenvalue weighted by Gasteiger charge is -2.33. The Kier molecular flexibility index (Phi) is 21.0. The zero-order chi connectivity index (χ0) is 95.9. The van der Waals surface area contributed by atoms with Crippen molar-refractivity contribution in [1.82, 2.24) is 15.0 Å². The minimum atomic E-state index is -0.510. The van der Waals surface area contributed by atoms with E-state index in [1.165, 1.54) is 237 Å². The molecule has 26 aromatic rings. The van der Waals surface area contributed by atoms with Crippen molar-refractivity contribution in [2.75, 3.05) is 0 Å². The Balaban J connectivity index is 0.000000108. The van der Waals surface area contributed by atoms with Gasteiger partial charge in [-0.1, -0.05) is 510 Å². The summed E-state index contributed by atoms with van der Waals surface area (Å²) in [7, 11) is 0. The summed E-state index contributed by atoms with van der Waals surface area (Å²) < 4.78 is 0. The molecule has 0 atom stereocenters. The van der Waals surface area contributed by atoms with Gasteiger partial charge in [-0.15, -0.1) is 0 Å². The molecule has 23 aromatic carbocycles. The minimum Gasteiger partial charge on any atom is -0.256 e. The van der Waals surface area contributed by atoms with E-state index in [4.69, 9.17) is 15.0 Å². The molecule has 3 aromatic heterocycles. The van der Waals surface area contributed by atoms with Crippen LogP contribution < -0.4 is 0 Å². The Labute approximate surface area is 843 Å². The van der Waals surface area contributed by atoms with E-state index in [0.29, 0.717) is 0 Å². The molecule has 0 unspecified atom stereocenters. The lowest BCUT2D eigenvalue weighted by Crippen LogP contribution is -2.28. The van der Waals surface area contributed by atoms with Crippen molar-refractivity contribution in [2.24, 2.45) is 0 Å². The van der Waals surface area contributed by atoms with Gasteiger partial charge >= 0.3 is 0 Å². The van der Waals surface area contributed by atoms with Gasteiger partial charge in [0.15, 0.2) is 0 Å². The maximum absolute atomic E-state index is 5.02. The molecule has 676 valence electrons. The van der Waals surface area contributed by atoms with Crippen molar-refractivity contribution in [3.8, 4) is 112 Å². The average Bonchev–Trinajstić information content (AvgIpc) is 1.54. The van der Waals surface area contributed by atoms with Gasteiger partial charge in [0.25, 0.3) is 0 Å². The Morgan fingerprint density at radius 2 is 0.331 bits per heavy atom. The van der Waals surface area contributed by atoms with Gasteiger partial charge in [0.05, 0.1) is 33.3 Å². The number of pyridine rings is 3. The van der Waals surface area contributed by atoms with E-state index in [2.05, 4.69) is 546 Å². The molecule has 3 aliphatic rings. The molecule has 3 aliphatic carbocycles. The van der Waals surface area contributed by atoms with Gasteiger partial charge in [0.1, 0.15) is 0 Å². The first-order valence-electron chi connectivity index (χ1n) is 50.2. The molecular formula is C142H93N3. The van der Waals surface area contributed by atoms with Crippen molar-refractivity contribution in [2.45, 2.75) is 16.2 Å². The molecule has 0 aliphatic heterocycles. The molecule has 145 heavy (non-hydrogen) atoms. The Hall–Kier alpha value is -18.7. The molecule has 0 N–H and O–H groups in total. The molecule has 3 heterocycles. The highest BCUT2D eigenvalue weighted by Gasteiger charge is 2.51. The molecule has 0 amide bonds. The van der Waals surface area contributed by atoms with Crippen LogP contribution >= 0.6 is 0 Å². The fourth-order valence-corrected chi connectivity index (χ4v) is 25.1. The van der Waals surface area contributed by atoms with Gasteiger partial charge in [-0.05, 0) is 256 Å². The zero-order valence-corrected chi connectivity index (χ0v) is 79.5. The predicted octanol–water partition coefficient (Wildman–Crippen LogP) is 36.1. The quantitative estimate of drug-likeness (QED) is 0.108. The number of benzene rings is 23. The van der Waals surface area contributed by atoms with E-state index in [0.717, 1.165) is 17.1 Å². The molecule has 0 saturated heterocycles. The molecule has 0 fully saturated rings. The largest absolute Gasteiger partial charge is 0.256 e. The van der Waals surface area contributed by atoms with Crippen molar-refractivity contribution in [3.63, 3.8) is 0 Å². The predicted molar refractivity (Wildman–Crippen MR) is 605 cm³/mol. The van der Waals surface area contributed by atoms with Gasteiger partial charge in [-0.25, -0.2) is 0 Å². The van der Waals surface area contributed by atoms with Crippen molar-refractivity contribution in [1.29, 1.82) is 0 Å². The van der Waals surface area contributed by atoms with Gasteiger partial charge < -0.3 is 0 Å². The summed E-state index contributed by atoms with van der Waals surface area (Å²) in [4.78, 5) is 15.0. The van der Waals surface area contributed by atoms with Crippen LogP contribution in [0.1, 0.15) is 66.8 Å². The van der Waals surface area contributed by atoms with Crippen LogP contribution in [-0.4, -0.2) is 15.0 Å².